The fourth-order valence-corrected chi connectivity index (χ4v) is 3.79. The molecule has 156 valence electrons. The smallest absolute Gasteiger partial charge is 0.240 e. The van der Waals surface area contributed by atoms with Crippen molar-refractivity contribution >= 4 is 21.6 Å². The van der Waals surface area contributed by atoms with Crippen molar-refractivity contribution in [1.82, 2.24) is 5.32 Å². The van der Waals surface area contributed by atoms with E-state index < -0.39 is 15.9 Å². The number of amides is 1. The van der Waals surface area contributed by atoms with E-state index in [4.69, 9.17) is 14.2 Å². The fraction of sp³-hybridized carbons (Fsp3) is 0.350. The van der Waals surface area contributed by atoms with Gasteiger partial charge in [-0.05, 0) is 37.6 Å². The van der Waals surface area contributed by atoms with Crippen LogP contribution in [0, 0.1) is 13.8 Å². The van der Waals surface area contributed by atoms with Crippen molar-refractivity contribution in [2.75, 3.05) is 37.1 Å². The molecule has 0 fully saturated rings. The largest absolute Gasteiger partial charge is 0.491 e. The number of ether oxygens (including phenoxy) is 3. The Hall–Kier alpha value is -2.94. The fourth-order valence-electron chi connectivity index (χ4n) is 2.94. The minimum absolute atomic E-state index is 0.0819. The summed E-state index contributed by atoms with van der Waals surface area (Å²) in [6.07, 6.45) is 1.05. The van der Waals surface area contributed by atoms with Crippen LogP contribution >= 0.6 is 0 Å². The Balaban J connectivity index is 1.56. The van der Waals surface area contributed by atoms with Crippen molar-refractivity contribution in [1.29, 1.82) is 0 Å². The Bertz CT molecular complexity index is 1010. The van der Waals surface area contributed by atoms with Crippen LogP contribution in [0.3, 0.4) is 0 Å². The lowest BCUT2D eigenvalue weighted by molar-refractivity contribution is -0.119. The van der Waals surface area contributed by atoms with E-state index in [1.807, 2.05) is 32.0 Å². The van der Waals surface area contributed by atoms with Crippen LogP contribution in [-0.4, -0.2) is 47.1 Å². The van der Waals surface area contributed by atoms with Gasteiger partial charge in [-0.25, -0.2) is 8.42 Å². The van der Waals surface area contributed by atoms with E-state index in [0.29, 0.717) is 17.2 Å². The number of hydrogen-bond acceptors (Lipinski definition) is 6. The summed E-state index contributed by atoms with van der Waals surface area (Å²) in [5.74, 6) is 1.30. The number of sulfonamides is 1. The molecule has 0 radical (unpaired) electrons. The number of carbonyl (C=O) groups excluding carboxylic acids is 1. The summed E-state index contributed by atoms with van der Waals surface area (Å²) in [6, 6.07) is 10.6. The molecule has 2 aromatic rings. The third-order valence-electron chi connectivity index (χ3n) is 4.34. The quantitative estimate of drug-likeness (QED) is 0.657. The highest BCUT2D eigenvalue weighted by molar-refractivity contribution is 7.92. The summed E-state index contributed by atoms with van der Waals surface area (Å²) in [4.78, 5) is 12.3. The number of nitrogens with one attached hydrogen (secondary N) is 1. The van der Waals surface area contributed by atoms with Gasteiger partial charge in [-0.15, -0.1) is 0 Å². The summed E-state index contributed by atoms with van der Waals surface area (Å²) < 4.78 is 41.6. The van der Waals surface area contributed by atoms with E-state index in [-0.39, 0.29) is 26.5 Å². The molecular weight excluding hydrogens is 396 g/mol. The average molecular weight is 420 g/mol. The summed E-state index contributed by atoms with van der Waals surface area (Å²) >= 11 is 0. The second-order valence-corrected chi connectivity index (χ2v) is 8.68. The monoisotopic (exact) mass is 420 g/mol. The number of fused-ring (bicyclic) bond motifs is 1. The molecule has 0 spiro atoms. The highest BCUT2D eigenvalue weighted by atomic mass is 32.2. The van der Waals surface area contributed by atoms with Gasteiger partial charge in [-0.1, -0.05) is 17.7 Å². The average Bonchev–Trinajstić information content (AvgIpc) is 3.11. The zero-order valence-electron chi connectivity index (χ0n) is 16.6. The molecule has 1 aliphatic rings. The third-order valence-corrected chi connectivity index (χ3v) is 5.48. The minimum atomic E-state index is -3.67. The van der Waals surface area contributed by atoms with Crippen molar-refractivity contribution in [2.45, 2.75) is 13.8 Å². The Kier molecular flexibility index (Phi) is 6.17. The SMILES string of the molecule is Cc1ccc(OCCNC(=O)CN(c2ccc3c(c2)OCO3)S(C)(=O)=O)c(C)c1. The molecule has 1 heterocycles. The standard InChI is InChI=1S/C20H24N2O6S/c1-14-4-6-17(15(2)10-14)26-9-8-21-20(23)12-22(29(3,24)25)16-5-7-18-19(11-16)28-13-27-18/h4-7,10-11H,8-9,12-13H2,1-3H3,(H,21,23). The van der Waals surface area contributed by atoms with Crippen molar-refractivity contribution in [3.8, 4) is 17.2 Å². The molecule has 9 heteroatoms. The lowest BCUT2D eigenvalue weighted by Crippen LogP contribution is -2.41. The first kappa shape index (κ1) is 20.8. The predicted molar refractivity (Wildman–Crippen MR) is 109 cm³/mol. The molecule has 0 unspecified atom stereocenters. The van der Waals surface area contributed by atoms with E-state index in [9.17, 15) is 13.2 Å². The molecule has 1 N–H and O–H groups in total. The van der Waals surface area contributed by atoms with Crippen molar-refractivity contribution < 1.29 is 27.4 Å². The highest BCUT2D eigenvalue weighted by Crippen LogP contribution is 2.36. The summed E-state index contributed by atoms with van der Waals surface area (Å²) in [5.41, 5.74) is 2.49. The summed E-state index contributed by atoms with van der Waals surface area (Å²) in [7, 11) is -3.67. The second kappa shape index (κ2) is 8.60. The van der Waals surface area contributed by atoms with Crippen LogP contribution in [0.4, 0.5) is 5.69 Å². The van der Waals surface area contributed by atoms with Gasteiger partial charge in [-0.3, -0.25) is 9.10 Å². The third kappa shape index (κ3) is 5.32. The van der Waals surface area contributed by atoms with Gasteiger partial charge in [0.1, 0.15) is 18.9 Å². The van der Waals surface area contributed by atoms with Crippen LogP contribution in [0.15, 0.2) is 36.4 Å². The van der Waals surface area contributed by atoms with Gasteiger partial charge >= 0.3 is 0 Å². The van der Waals surface area contributed by atoms with Crippen LogP contribution < -0.4 is 23.8 Å². The number of benzene rings is 2. The van der Waals surface area contributed by atoms with Gasteiger partial charge in [0.2, 0.25) is 22.7 Å². The summed E-state index contributed by atoms with van der Waals surface area (Å²) in [6.45, 7) is 4.23. The molecule has 29 heavy (non-hydrogen) atoms. The molecule has 0 bridgehead atoms. The van der Waals surface area contributed by atoms with Gasteiger partial charge in [0.25, 0.3) is 0 Å². The molecule has 0 atom stereocenters. The normalized spacial score (nSPS) is 12.5. The van der Waals surface area contributed by atoms with Crippen molar-refractivity contribution in [3.05, 3.63) is 47.5 Å². The van der Waals surface area contributed by atoms with Gasteiger partial charge < -0.3 is 19.5 Å². The number of rotatable bonds is 8. The lowest BCUT2D eigenvalue weighted by atomic mass is 10.1. The van der Waals surface area contributed by atoms with Crippen molar-refractivity contribution in [2.24, 2.45) is 0 Å². The number of anilines is 1. The predicted octanol–water partition coefficient (Wildman–Crippen LogP) is 1.99. The second-order valence-electron chi connectivity index (χ2n) is 6.77. The van der Waals surface area contributed by atoms with E-state index in [2.05, 4.69) is 5.32 Å². The van der Waals surface area contributed by atoms with Crippen molar-refractivity contribution in [3.63, 3.8) is 0 Å². The molecule has 2 aromatic carbocycles. The number of aryl methyl sites for hydroxylation is 2. The van der Waals surface area contributed by atoms with Crippen LogP contribution in [0.25, 0.3) is 0 Å². The summed E-state index contributed by atoms with van der Waals surface area (Å²) in [5, 5.41) is 2.68. The Morgan fingerprint density at radius 3 is 2.62 bits per heavy atom. The maximum atomic E-state index is 12.3. The zero-order valence-corrected chi connectivity index (χ0v) is 17.4. The molecule has 8 nitrogen and oxygen atoms in total. The van der Waals surface area contributed by atoms with Gasteiger partial charge in [0.05, 0.1) is 18.5 Å². The molecular formula is C20H24N2O6S. The van der Waals surface area contributed by atoms with Crippen LogP contribution in [0.1, 0.15) is 11.1 Å². The van der Waals surface area contributed by atoms with Gasteiger partial charge in [0, 0.05) is 6.07 Å². The molecule has 0 saturated heterocycles. The topological polar surface area (TPSA) is 94.2 Å². The molecule has 0 saturated carbocycles. The molecule has 0 aliphatic carbocycles. The van der Waals surface area contributed by atoms with Gasteiger partial charge in [-0.2, -0.15) is 0 Å². The Morgan fingerprint density at radius 1 is 1.14 bits per heavy atom. The zero-order chi connectivity index (χ0) is 21.0. The van der Waals surface area contributed by atoms with Crippen LogP contribution in [0.2, 0.25) is 0 Å². The Labute approximate surface area is 170 Å². The van der Waals surface area contributed by atoms with Crippen LogP contribution in [0.5, 0.6) is 17.2 Å². The van der Waals surface area contributed by atoms with E-state index in [1.54, 1.807) is 18.2 Å². The number of hydrogen-bond donors (Lipinski definition) is 1. The van der Waals surface area contributed by atoms with Crippen LogP contribution in [-0.2, 0) is 14.8 Å². The molecule has 1 amide bonds. The molecule has 3 rings (SSSR count). The minimum Gasteiger partial charge on any atom is -0.491 e. The van der Waals surface area contributed by atoms with E-state index in [0.717, 1.165) is 27.4 Å². The maximum absolute atomic E-state index is 12.3. The first-order valence-corrected chi connectivity index (χ1v) is 10.9. The van der Waals surface area contributed by atoms with Gasteiger partial charge in [0.15, 0.2) is 11.5 Å². The first-order valence-electron chi connectivity index (χ1n) is 9.08. The number of carbonyl (C=O) groups is 1. The Morgan fingerprint density at radius 2 is 1.90 bits per heavy atom. The molecule has 1 aliphatic heterocycles. The lowest BCUT2D eigenvalue weighted by Gasteiger charge is -2.22. The maximum Gasteiger partial charge on any atom is 0.240 e. The van der Waals surface area contributed by atoms with E-state index >= 15 is 0 Å². The molecule has 0 aromatic heterocycles. The van der Waals surface area contributed by atoms with E-state index in [1.165, 1.54) is 0 Å². The number of nitrogens with zero attached hydrogens (tertiary/aromatic N) is 1. The highest BCUT2D eigenvalue weighted by Gasteiger charge is 2.23. The first-order chi connectivity index (χ1) is 13.7.